The average molecular weight is 194 g/mol. The first-order valence-electron chi connectivity index (χ1n) is 3.89. The number of para-hydroxylation sites is 1. The summed E-state index contributed by atoms with van der Waals surface area (Å²) in [7, 11) is 0. The van der Waals surface area contributed by atoms with Crippen molar-refractivity contribution in [2.24, 2.45) is 0 Å². The predicted octanol–water partition coefficient (Wildman–Crippen LogP) is 2.19. The third-order valence-electron chi connectivity index (χ3n) is 1.54. The van der Waals surface area contributed by atoms with E-state index in [1.54, 1.807) is 12.1 Å². The highest BCUT2D eigenvalue weighted by atomic mass is 19.1. The number of aromatic nitrogens is 1. The van der Waals surface area contributed by atoms with E-state index in [-0.39, 0.29) is 17.7 Å². The van der Waals surface area contributed by atoms with Crippen LogP contribution < -0.4 is 10.5 Å². The third kappa shape index (κ3) is 1.66. The Kier molecular flexibility index (Phi) is 2.06. The minimum Gasteiger partial charge on any atom is -0.408 e. The molecule has 1 aromatic heterocycles. The summed E-state index contributed by atoms with van der Waals surface area (Å²) in [6.07, 6.45) is 1.21. The Bertz CT molecular complexity index is 442. The van der Waals surface area contributed by atoms with E-state index in [1.165, 1.54) is 18.3 Å². The van der Waals surface area contributed by atoms with Gasteiger partial charge in [-0.15, -0.1) is 0 Å². The molecule has 0 atom stereocenters. The monoisotopic (exact) mass is 194 g/mol. The lowest BCUT2D eigenvalue weighted by molar-refractivity contribution is 0.323. The number of hydrogen-bond acceptors (Lipinski definition) is 4. The summed E-state index contributed by atoms with van der Waals surface area (Å²) in [6, 6.07) is 5.95. The standard InChI is InChI=1S/C9H7FN2O2/c10-6-3-1-2-4-7(6)13-9-12-5-8(11)14-9/h1-5H,11H2. The second-order valence-electron chi connectivity index (χ2n) is 2.56. The maximum atomic E-state index is 13.1. The van der Waals surface area contributed by atoms with Crippen molar-refractivity contribution in [2.75, 3.05) is 5.73 Å². The lowest BCUT2D eigenvalue weighted by atomic mass is 10.3. The van der Waals surface area contributed by atoms with Gasteiger partial charge in [-0.3, -0.25) is 0 Å². The molecule has 5 heteroatoms. The van der Waals surface area contributed by atoms with Gasteiger partial charge in [-0.05, 0) is 12.1 Å². The van der Waals surface area contributed by atoms with Crippen molar-refractivity contribution in [3.8, 4) is 11.8 Å². The molecule has 0 amide bonds. The Morgan fingerprint density at radius 1 is 1.36 bits per heavy atom. The summed E-state index contributed by atoms with van der Waals surface area (Å²) in [5.41, 5.74) is 5.27. The zero-order valence-electron chi connectivity index (χ0n) is 7.11. The van der Waals surface area contributed by atoms with Crippen LogP contribution in [0.5, 0.6) is 11.8 Å². The minimum atomic E-state index is -0.482. The molecule has 0 bridgehead atoms. The van der Waals surface area contributed by atoms with E-state index < -0.39 is 5.82 Å². The largest absolute Gasteiger partial charge is 0.408 e. The minimum absolute atomic E-state index is 0.0503. The van der Waals surface area contributed by atoms with E-state index in [9.17, 15) is 4.39 Å². The SMILES string of the molecule is Nc1cnc(Oc2ccccc2F)o1. The highest BCUT2D eigenvalue weighted by Crippen LogP contribution is 2.23. The zero-order chi connectivity index (χ0) is 9.97. The maximum Gasteiger partial charge on any atom is 0.401 e. The molecule has 14 heavy (non-hydrogen) atoms. The van der Waals surface area contributed by atoms with Crippen LogP contribution in [0.4, 0.5) is 10.3 Å². The number of oxazole rings is 1. The van der Waals surface area contributed by atoms with Gasteiger partial charge < -0.3 is 14.9 Å². The molecule has 0 unspecified atom stereocenters. The summed E-state index contributed by atoms with van der Waals surface area (Å²) < 4.78 is 22.9. The Labute approximate surface area is 79.1 Å². The molecule has 0 saturated carbocycles. The van der Waals surface area contributed by atoms with Crippen LogP contribution in [0.3, 0.4) is 0 Å². The quantitative estimate of drug-likeness (QED) is 0.795. The van der Waals surface area contributed by atoms with Crippen molar-refractivity contribution in [3.05, 3.63) is 36.3 Å². The van der Waals surface area contributed by atoms with E-state index in [2.05, 4.69) is 4.98 Å². The van der Waals surface area contributed by atoms with Gasteiger partial charge in [-0.25, -0.2) is 4.39 Å². The van der Waals surface area contributed by atoms with Gasteiger partial charge >= 0.3 is 6.08 Å². The van der Waals surface area contributed by atoms with Crippen molar-refractivity contribution < 1.29 is 13.5 Å². The summed E-state index contributed by atoms with van der Waals surface area (Å²) in [5, 5.41) is 0. The summed E-state index contributed by atoms with van der Waals surface area (Å²) >= 11 is 0. The Morgan fingerprint density at radius 2 is 2.14 bits per heavy atom. The molecule has 1 aromatic carbocycles. The van der Waals surface area contributed by atoms with Crippen molar-refractivity contribution in [3.63, 3.8) is 0 Å². The van der Waals surface area contributed by atoms with Gasteiger partial charge in [0.15, 0.2) is 11.6 Å². The van der Waals surface area contributed by atoms with Crippen LogP contribution in [0, 0.1) is 5.82 Å². The number of benzene rings is 1. The number of rotatable bonds is 2. The zero-order valence-corrected chi connectivity index (χ0v) is 7.11. The van der Waals surface area contributed by atoms with E-state index in [4.69, 9.17) is 14.9 Å². The lowest BCUT2D eigenvalue weighted by Gasteiger charge is -2.00. The molecule has 2 aromatic rings. The molecular weight excluding hydrogens is 187 g/mol. The second-order valence-corrected chi connectivity index (χ2v) is 2.56. The number of ether oxygens (including phenoxy) is 1. The van der Waals surface area contributed by atoms with Crippen LogP contribution in [0.15, 0.2) is 34.9 Å². The first kappa shape index (κ1) is 8.55. The molecule has 0 fully saturated rings. The molecule has 4 nitrogen and oxygen atoms in total. The smallest absolute Gasteiger partial charge is 0.401 e. The van der Waals surface area contributed by atoms with Crippen LogP contribution in [-0.4, -0.2) is 4.98 Å². The highest BCUT2D eigenvalue weighted by Gasteiger charge is 2.07. The average Bonchev–Trinajstić information content (AvgIpc) is 2.56. The first-order valence-corrected chi connectivity index (χ1v) is 3.89. The molecule has 1 heterocycles. The van der Waals surface area contributed by atoms with Crippen LogP contribution in [-0.2, 0) is 0 Å². The number of anilines is 1. The normalized spacial score (nSPS) is 10.1. The molecule has 2 N–H and O–H groups in total. The van der Waals surface area contributed by atoms with Crippen molar-refractivity contribution in [1.29, 1.82) is 0 Å². The topological polar surface area (TPSA) is 61.3 Å². The van der Waals surface area contributed by atoms with Crippen molar-refractivity contribution >= 4 is 5.88 Å². The molecule has 0 spiro atoms. The third-order valence-corrected chi connectivity index (χ3v) is 1.54. The molecule has 0 aliphatic rings. The Morgan fingerprint density at radius 3 is 2.79 bits per heavy atom. The fourth-order valence-electron chi connectivity index (χ4n) is 0.939. The molecule has 0 radical (unpaired) electrons. The van der Waals surface area contributed by atoms with E-state index in [0.29, 0.717) is 0 Å². The maximum absolute atomic E-state index is 13.1. The second kappa shape index (κ2) is 3.37. The van der Waals surface area contributed by atoms with Gasteiger partial charge in [0.2, 0.25) is 5.88 Å². The summed E-state index contributed by atoms with van der Waals surface area (Å²) in [6.45, 7) is 0. The molecule has 72 valence electrons. The molecule has 0 saturated heterocycles. The highest BCUT2D eigenvalue weighted by molar-refractivity contribution is 5.27. The van der Waals surface area contributed by atoms with Gasteiger partial charge in [-0.2, -0.15) is 4.98 Å². The Hall–Kier alpha value is -2.04. The summed E-state index contributed by atoms with van der Waals surface area (Å²) in [5.74, 6) is -0.310. The van der Waals surface area contributed by atoms with E-state index in [1.807, 2.05) is 0 Å². The van der Waals surface area contributed by atoms with Crippen LogP contribution >= 0.6 is 0 Å². The number of hydrogen-bond donors (Lipinski definition) is 1. The fourth-order valence-corrected chi connectivity index (χ4v) is 0.939. The van der Waals surface area contributed by atoms with Crippen LogP contribution in [0.2, 0.25) is 0 Å². The van der Waals surface area contributed by atoms with Gasteiger partial charge in [0, 0.05) is 0 Å². The van der Waals surface area contributed by atoms with Crippen molar-refractivity contribution in [2.45, 2.75) is 0 Å². The van der Waals surface area contributed by atoms with Crippen molar-refractivity contribution in [1.82, 2.24) is 4.98 Å². The molecule has 2 rings (SSSR count). The first-order chi connectivity index (χ1) is 6.75. The van der Waals surface area contributed by atoms with Gasteiger partial charge in [0.05, 0.1) is 6.20 Å². The van der Waals surface area contributed by atoms with Gasteiger partial charge in [0.1, 0.15) is 0 Å². The number of nitrogens with two attached hydrogens (primary N) is 1. The van der Waals surface area contributed by atoms with Gasteiger partial charge in [0.25, 0.3) is 0 Å². The van der Waals surface area contributed by atoms with E-state index >= 15 is 0 Å². The molecule has 0 aliphatic carbocycles. The van der Waals surface area contributed by atoms with Crippen LogP contribution in [0.25, 0.3) is 0 Å². The Balaban J connectivity index is 2.23. The predicted molar refractivity (Wildman–Crippen MR) is 47.4 cm³/mol. The summed E-state index contributed by atoms with van der Waals surface area (Å²) in [4.78, 5) is 3.67. The number of nitrogen functional groups attached to an aromatic ring is 1. The fraction of sp³-hybridized carbons (Fsp3) is 0. The lowest BCUT2D eigenvalue weighted by Crippen LogP contribution is -1.87. The molecule has 0 aliphatic heterocycles. The number of nitrogens with zero attached hydrogens (tertiary/aromatic N) is 1. The van der Waals surface area contributed by atoms with E-state index in [0.717, 1.165) is 0 Å². The van der Waals surface area contributed by atoms with Gasteiger partial charge in [-0.1, -0.05) is 12.1 Å². The molecular formula is C9H7FN2O2. The van der Waals surface area contributed by atoms with Crippen LogP contribution in [0.1, 0.15) is 0 Å². The number of halogens is 1.